The highest BCUT2D eigenvalue weighted by molar-refractivity contribution is 9.10. The Balaban J connectivity index is 1.61. The first-order valence-electron chi connectivity index (χ1n) is 6.99. The molecule has 1 aromatic carbocycles. The Morgan fingerprint density at radius 2 is 2.12 bits per heavy atom. The molecule has 0 unspecified atom stereocenters. The number of carbonyl (C=O) groups excluding carboxylic acids is 1. The van der Waals surface area contributed by atoms with E-state index in [2.05, 4.69) is 26.2 Å². The summed E-state index contributed by atoms with van der Waals surface area (Å²) < 4.78 is 19.8. The van der Waals surface area contributed by atoms with Crippen LogP contribution in [0.15, 0.2) is 58.5 Å². The van der Waals surface area contributed by atoms with Crippen LogP contribution in [0.3, 0.4) is 0 Å². The van der Waals surface area contributed by atoms with E-state index in [0.717, 1.165) is 10.0 Å². The van der Waals surface area contributed by atoms with Gasteiger partial charge in [-0.1, -0.05) is 12.1 Å². The molecule has 0 aliphatic rings. The number of benzene rings is 1. The Morgan fingerprint density at radius 1 is 1.29 bits per heavy atom. The van der Waals surface area contributed by atoms with Crippen molar-refractivity contribution in [2.24, 2.45) is 0 Å². The highest BCUT2D eigenvalue weighted by Gasteiger charge is 2.11. The van der Waals surface area contributed by atoms with Crippen LogP contribution in [0, 0.1) is 5.82 Å². The van der Waals surface area contributed by atoms with Gasteiger partial charge in [-0.05, 0) is 51.6 Å². The number of nitrogens with one attached hydrogen (secondary N) is 1. The highest BCUT2D eigenvalue weighted by Crippen LogP contribution is 2.21. The van der Waals surface area contributed by atoms with Gasteiger partial charge >= 0.3 is 0 Å². The van der Waals surface area contributed by atoms with Gasteiger partial charge in [0.15, 0.2) is 11.6 Å². The molecule has 1 amide bonds. The number of nitrogens with zero attached hydrogens (tertiary/aromatic N) is 1. The predicted molar refractivity (Wildman–Crippen MR) is 94.9 cm³/mol. The molecule has 2 aromatic heterocycles. The van der Waals surface area contributed by atoms with Crippen LogP contribution in [-0.2, 0) is 6.61 Å². The molecule has 0 radical (unpaired) electrons. The molecule has 4 nitrogen and oxygen atoms in total. The zero-order chi connectivity index (χ0) is 16.9. The smallest absolute Gasteiger partial charge is 0.266 e. The van der Waals surface area contributed by atoms with E-state index < -0.39 is 5.82 Å². The van der Waals surface area contributed by atoms with E-state index in [9.17, 15) is 9.18 Å². The third-order valence-electron chi connectivity index (χ3n) is 3.08. The van der Waals surface area contributed by atoms with Crippen LogP contribution in [0.4, 0.5) is 10.2 Å². The summed E-state index contributed by atoms with van der Waals surface area (Å²) >= 11 is 4.58. The van der Waals surface area contributed by atoms with Gasteiger partial charge in [-0.2, -0.15) is 0 Å². The number of pyridine rings is 1. The zero-order valence-electron chi connectivity index (χ0n) is 12.3. The van der Waals surface area contributed by atoms with Gasteiger partial charge in [-0.3, -0.25) is 4.79 Å². The molecule has 0 saturated carbocycles. The summed E-state index contributed by atoms with van der Waals surface area (Å²) in [6.45, 7) is 0.196. The summed E-state index contributed by atoms with van der Waals surface area (Å²) in [5, 5.41) is 4.53. The van der Waals surface area contributed by atoms with Crippen molar-refractivity contribution in [2.45, 2.75) is 6.61 Å². The van der Waals surface area contributed by atoms with Gasteiger partial charge in [0.25, 0.3) is 5.91 Å². The Labute approximate surface area is 150 Å². The van der Waals surface area contributed by atoms with Gasteiger partial charge in [0, 0.05) is 16.2 Å². The van der Waals surface area contributed by atoms with Gasteiger partial charge in [-0.15, -0.1) is 11.3 Å². The number of carbonyl (C=O) groups is 1. The van der Waals surface area contributed by atoms with Crippen molar-refractivity contribution < 1.29 is 13.9 Å². The molecule has 0 bridgehead atoms. The van der Waals surface area contributed by atoms with Crippen molar-refractivity contribution >= 4 is 39.0 Å². The number of aromatic nitrogens is 1. The van der Waals surface area contributed by atoms with E-state index >= 15 is 0 Å². The molecule has 24 heavy (non-hydrogen) atoms. The van der Waals surface area contributed by atoms with Crippen molar-refractivity contribution in [3.8, 4) is 5.75 Å². The number of rotatable bonds is 5. The van der Waals surface area contributed by atoms with E-state index in [1.165, 1.54) is 17.4 Å². The fourth-order valence-electron chi connectivity index (χ4n) is 1.92. The molecule has 0 aliphatic heterocycles. The van der Waals surface area contributed by atoms with E-state index in [-0.39, 0.29) is 18.3 Å². The first-order valence-corrected chi connectivity index (χ1v) is 8.67. The van der Waals surface area contributed by atoms with E-state index in [0.29, 0.717) is 10.7 Å². The number of ether oxygens (including phenoxy) is 1. The molecule has 1 N–H and O–H groups in total. The van der Waals surface area contributed by atoms with Gasteiger partial charge in [0.2, 0.25) is 0 Å². The number of anilines is 1. The second-order valence-corrected chi connectivity index (χ2v) is 6.68. The average molecular weight is 407 g/mol. The number of halogens is 2. The Bertz CT molecular complexity index is 852. The number of hydrogen-bond acceptors (Lipinski definition) is 4. The van der Waals surface area contributed by atoms with Gasteiger partial charge in [0.1, 0.15) is 12.4 Å². The maximum Gasteiger partial charge on any atom is 0.266 e. The zero-order valence-corrected chi connectivity index (χ0v) is 14.7. The number of thiophene rings is 1. The summed E-state index contributed by atoms with van der Waals surface area (Å²) in [4.78, 5) is 16.8. The molecule has 0 spiro atoms. The third kappa shape index (κ3) is 4.18. The van der Waals surface area contributed by atoms with Crippen molar-refractivity contribution in [3.05, 3.63) is 74.8 Å². The fourth-order valence-corrected chi connectivity index (χ4v) is 2.95. The predicted octanol–water partition coefficient (Wildman–Crippen LogP) is 4.88. The van der Waals surface area contributed by atoms with Gasteiger partial charge in [0.05, 0.1) is 4.88 Å². The SMILES string of the molecule is O=C(Nc1ccc(Br)cn1)c1cc(COc2ccccc2F)cs1. The average Bonchev–Trinajstić information content (AvgIpc) is 3.05. The highest BCUT2D eigenvalue weighted by atomic mass is 79.9. The van der Waals surface area contributed by atoms with E-state index in [1.54, 1.807) is 42.6 Å². The lowest BCUT2D eigenvalue weighted by Gasteiger charge is -2.05. The topological polar surface area (TPSA) is 51.2 Å². The summed E-state index contributed by atoms with van der Waals surface area (Å²) in [7, 11) is 0. The van der Waals surface area contributed by atoms with Crippen LogP contribution in [0.2, 0.25) is 0 Å². The van der Waals surface area contributed by atoms with Crippen LogP contribution in [0.1, 0.15) is 15.2 Å². The third-order valence-corrected chi connectivity index (χ3v) is 4.52. The summed E-state index contributed by atoms with van der Waals surface area (Å²) in [6.07, 6.45) is 1.61. The number of amides is 1. The fraction of sp³-hybridized carbons (Fsp3) is 0.0588. The minimum atomic E-state index is -0.410. The molecule has 7 heteroatoms. The molecule has 122 valence electrons. The number of para-hydroxylation sites is 1. The summed E-state index contributed by atoms with van der Waals surface area (Å²) in [5.41, 5.74) is 0.803. The quantitative estimate of drug-likeness (QED) is 0.656. The van der Waals surface area contributed by atoms with Crippen molar-refractivity contribution in [3.63, 3.8) is 0 Å². The largest absolute Gasteiger partial charge is 0.486 e. The first kappa shape index (κ1) is 16.6. The van der Waals surface area contributed by atoms with E-state index in [4.69, 9.17) is 4.74 Å². The molecule has 0 fully saturated rings. The summed E-state index contributed by atoms with van der Waals surface area (Å²) in [5.74, 6) is 0.00786. The minimum Gasteiger partial charge on any atom is -0.486 e. The second-order valence-electron chi connectivity index (χ2n) is 4.85. The molecule has 0 aliphatic carbocycles. The van der Waals surface area contributed by atoms with Crippen molar-refractivity contribution in [2.75, 3.05) is 5.32 Å². The molecule has 3 rings (SSSR count). The van der Waals surface area contributed by atoms with Gasteiger partial charge < -0.3 is 10.1 Å². The van der Waals surface area contributed by atoms with Crippen molar-refractivity contribution in [1.29, 1.82) is 0 Å². The second kappa shape index (κ2) is 7.55. The molecule has 3 aromatic rings. The molecule has 0 atom stereocenters. The van der Waals surface area contributed by atoms with Crippen LogP contribution in [0.5, 0.6) is 5.75 Å². The van der Waals surface area contributed by atoms with Gasteiger partial charge in [-0.25, -0.2) is 9.37 Å². The van der Waals surface area contributed by atoms with Crippen molar-refractivity contribution in [1.82, 2.24) is 4.98 Å². The standard InChI is InChI=1S/C17H12BrFN2O2S/c18-12-5-6-16(20-8-12)21-17(22)15-7-11(10-24-15)9-23-14-4-2-1-3-13(14)19/h1-8,10H,9H2,(H,20,21,22). The maximum absolute atomic E-state index is 13.5. The lowest BCUT2D eigenvalue weighted by atomic mass is 10.3. The molecule has 0 saturated heterocycles. The van der Waals surface area contributed by atoms with E-state index in [1.807, 2.05) is 5.38 Å². The summed E-state index contributed by atoms with van der Waals surface area (Å²) in [6, 6.07) is 11.4. The molecular formula is C17H12BrFN2O2S. The Hall–Kier alpha value is -2.25. The number of hydrogen-bond donors (Lipinski definition) is 1. The van der Waals surface area contributed by atoms with Crippen LogP contribution in [-0.4, -0.2) is 10.9 Å². The lowest BCUT2D eigenvalue weighted by Crippen LogP contribution is -2.11. The monoisotopic (exact) mass is 406 g/mol. The van der Waals surface area contributed by atoms with Crippen LogP contribution in [0.25, 0.3) is 0 Å². The minimum absolute atomic E-state index is 0.189. The normalized spacial score (nSPS) is 10.4. The lowest BCUT2D eigenvalue weighted by molar-refractivity contribution is 0.103. The molecule has 2 heterocycles. The Morgan fingerprint density at radius 3 is 2.88 bits per heavy atom. The van der Waals surface area contributed by atoms with Crippen LogP contribution < -0.4 is 10.1 Å². The first-order chi connectivity index (χ1) is 11.6. The maximum atomic E-state index is 13.5. The molecular weight excluding hydrogens is 395 g/mol. The Kier molecular flexibility index (Phi) is 5.22. The van der Waals surface area contributed by atoms with Crippen LogP contribution >= 0.6 is 27.3 Å².